The van der Waals surface area contributed by atoms with Crippen molar-refractivity contribution in [2.75, 3.05) is 6.54 Å². The molecule has 9 rings (SSSR count). The Kier molecular flexibility index (Phi) is 18.7. The zero-order valence-corrected chi connectivity index (χ0v) is 41.1. The molecule has 0 bridgehead atoms. The van der Waals surface area contributed by atoms with Crippen molar-refractivity contribution in [3.63, 3.8) is 0 Å². The Labute approximate surface area is 417 Å². The number of carbonyl (C=O) groups is 6. The van der Waals surface area contributed by atoms with E-state index in [4.69, 9.17) is 19.8 Å². The number of nitrogens with zero attached hydrogens (tertiary/aromatic N) is 11. The Morgan fingerprint density at radius 2 is 1.11 bits per heavy atom. The number of carboxylic acid groups (broad SMARTS) is 2. The number of hydrogen-bond acceptors (Lipinski definition) is 18. The predicted molar refractivity (Wildman–Crippen MR) is 266 cm³/mol. The van der Waals surface area contributed by atoms with Crippen molar-refractivity contribution in [1.82, 2.24) is 81.5 Å². The third kappa shape index (κ3) is 14.0. The first kappa shape index (κ1) is 53.9. The van der Waals surface area contributed by atoms with Gasteiger partial charge in [0.2, 0.25) is 0 Å². The minimum atomic E-state index is -0.833. The molecule has 0 aliphatic heterocycles. The van der Waals surface area contributed by atoms with Crippen molar-refractivity contribution < 1.29 is 39.0 Å². The molecule has 9 aromatic rings. The number of amides is 3. The van der Waals surface area contributed by atoms with Crippen LogP contribution in [0.2, 0.25) is 0 Å². The third-order valence-electron chi connectivity index (χ3n) is 9.60. The topological polar surface area (TPSA) is 356 Å². The van der Waals surface area contributed by atoms with Crippen LogP contribution in [-0.4, -0.2) is 112 Å². The molecule has 0 saturated heterocycles. The van der Waals surface area contributed by atoms with Gasteiger partial charge >= 0.3 is 0 Å². The van der Waals surface area contributed by atoms with Gasteiger partial charge in [0.25, 0.3) is 29.7 Å². The summed E-state index contributed by atoms with van der Waals surface area (Å²) >= 11 is 2.62. The molecule has 72 heavy (non-hydrogen) atoms. The molecule has 7 heterocycles. The van der Waals surface area contributed by atoms with E-state index in [1.807, 2.05) is 49.5 Å². The molecule has 0 radical (unpaired) electrons. The molecule has 3 amide bonds. The first-order valence-electron chi connectivity index (χ1n) is 21.2. The highest BCUT2D eigenvalue weighted by Gasteiger charge is 2.22. The number of rotatable bonds is 12. The monoisotopic (exact) mass is 1020 g/mol. The van der Waals surface area contributed by atoms with Gasteiger partial charge in [0.15, 0.2) is 17.1 Å². The first-order valence-corrected chi connectivity index (χ1v) is 22.8. The fraction of sp³-hybridized carbons (Fsp3) is 0.196. The Morgan fingerprint density at radius 1 is 0.625 bits per heavy atom. The highest BCUT2D eigenvalue weighted by molar-refractivity contribution is 7.15. The molecule has 0 fully saturated rings. The maximum absolute atomic E-state index is 12.8. The average molecular weight is 1020 g/mol. The maximum atomic E-state index is 12.8. The van der Waals surface area contributed by atoms with Crippen LogP contribution in [-0.2, 0) is 23.7 Å². The van der Waals surface area contributed by atoms with Crippen molar-refractivity contribution in [1.29, 1.82) is 0 Å². The van der Waals surface area contributed by atoms with Gasteiger partial charge in [-0.1, -0.05) is 60.7 Å². The number of carbonyl (C=O) groups excluding carboxylic acids is 4. The van der Waals surface area contributed by atoms with Crippen LogP contribution in [0.3, 0.4) is 0 Å². The number of imidazole rings is 1. The number of aromatic amines is 1. The summed E-state index contributed by atoms with van der Waals surface area (Å²) in [7, 11) is 3.50. The Bertz CT molecular complexity index is 3300. The summed E-state index contributed by atoms with van der Waals surface area (Å²) in [5.41, 5.74) is 4.20. The van der Waals surface area contributed by atoms with Crippen LogP contribution < -0.4 is 22.1 Å². The molecule has 0 aliphatic carbocycles. The number of fused-ring (bicyclic) bond motifs is 2. The number of H-pyrrole nitrogens is 1. The van der Waals surface area contributed by atoms with Crippen molar-refractivity contribution in [2.45, 2.75) is 39.8 Å². The lowest BCUT2D eigenvalue weighted by Gasteiger charge is -2.11. The summed E-state index contributed by atoms with van der Waals surface area (Å²) in [6.07, 6.45) is 10.8. The first-order chi connectivity index (χ1) is 34.0. The summed E-state index contributed by atoms with van der Waals surface area (Å²) in [5.74, 6) is -2.20. The molecular weight excluding hydrogens is 969 g/mol. The molecular formula is C46H48N16O8S2. The van der Waals surface area contributed by atoms with Crippen LogP contribution in [0.1, 0.15) is 90.8 Å². The van der Waals surface area contributed by atoms with Gasteiger partial charge in [-0.05, 0) is 19.4 Å². The van der Waals surface area contributed by atoms with Gasteiger partial charge in [-0.15, -0.1) is 22.7 Å². The molecule has 2 unspecified atom stereocenters. The summed E-state index contributed by atoms with van der Waals surface area (Å²) in [4.78, 5) is 102. The zero-order valence-electron chi connectivity index (χ0n) is 39.5. The Hall–Kier alpha value is -9.01. The standard InChI is InChI=1S/C21H18N8OS.C21H19N7O3S.2C2H4O2.H3N/c1-12(27-20(30)17-14-8-26-29(2)19(14)25-11-24-17)21-23-10-16(31-21)18-22-9-15(28-18)13-6-4-3-5-7-13;1-12(27-20(31)17-14-8-26-28(2)18(14)25-11-24-17)21-23-10-16(32-21)19(30)22-9-15(29)13-6-4-3-5-7-13;2*1-2(3)4;/h3-12H,1-2H3,(H,22,28)(H,27,30);3-8,10-12H,9H2,1-2H3,(H,22,30)(H,27,31);2*1H3,(H,3,4);1H3. The van der Waals surface area contributed by atoms with Gasteiger partial charge in [-0.2, -0.15) is 10.2 Å². The van der Waals surface area contributed by atoms with Crippen LogP contribution in [0.5, 0.6) is 0 Å². The molecule has 0 spiro atoms. The fourth-order valence-electron chi connectivity index (χ4n) is 6.31. The maximum Gasteiger partial charge on any atom is 0.300 e. The predicted octanol–water partition coefficient (Wildman–Crippen LogP) is 5.64. The van der Waals surface area contributed by atoms with E-state index in [0.29, 0.717) is 43.2 Å². The van der Waals surface area contributed by atoms with E-state index in [2.05, 4.69) is 66.0 Å². The number of ketones is 1. The number of benzene rings is 2. The minimum absolute atomic E-state index is 0. The van der Waals surface area contributed by atoms with Crippen molar-refractivity contribution >= 4 is 80.2 Å². The Morgan fingerprint density at radius 3 is 1.64 bits per heavy atom. The molecule has 2 aromatic carbocycles. The van der Waals surface area contributed by atoms with Crippen LogP contribution in [0.4, 0.5) is 0 Å². The van der Waals surface area contributed by atoms with Crippen LogP contribution >= 0.6 is 22.7 Å². The van der Waals surface area contributed by atoms with E-state index in [0.717, 1.165) is 52.2 Å². The van der Waals surface area contributed by atoms with E-state index < -0.39 is 29.8 Å². The largest absolute Gasteiger partial charge is 0.481 e. The normalized spacial score (nSPS) is 11.2. The summed E-state index contributed by atoms with van der Waals surface area (Å²) < 4.78 is 3.17. The molecule has 0 saturated carbocycles. The summed E-state index contributed by atoms with van der Waals surface area (Å²) in [5, 5.41) is 34.0. The lowest BCUT2D eigenvalue weighted by molar-refractivity contribution is -0.135. The quantitative estimate of drug-likeness (QED) is 0.0728. The van der Waals surface area contributed by atoms with E-state index in [-0.39, 0.29) is 36.1 Å². The van der Waals surface area contributed by atoms with Gasteiger partial charge in [-0.25, -0.2) is 34.9 Å². The van der Waals surface area contributed by atoms with E-state index in [1.165, 1.54) is 36.4 Å². The van der Waals surface area contributed by atoms with Crippen molar-refractivity contribution in [3.8, 4) is 22.0 Å². The van der Waals surface area contributed by atoms with Crippen molar-refractivity contribution in [2.24, 2.45) is 14.1 Å². The molecule has 9 N–H and O–H groups in total. The van der Waals surface area contributed by atoms with Gasteiger partial charge in [-0.3, -0.25) is 38.1 Å². The molecule has 26 heteroatoms. The number of aliphatic carboxylic acids is 2. The number of thiazole rings is 2. The summed E-state index contributed by atoms with van der Waals surface area (Å²) in [6, 6.07) is 18.0. The van der Waals surface area contributed by atoms with E-state index in [1.54, 1.807) is 67.0 Å². The average Bonchev–Trinajstić information content (AvgIpc) is 4.23. The van der Waals surface area contributed by atoms with E-state index >= 15 is 0 Å². The fourth-order valence-corrected chi connectivity index (χ4v) is 8.02. The van der Waals surface area contributed by atoms with Crippen LogP contribution in [0.25, 0.3) is 44.0 Å². The second kappa shape index (κ2) is 25.0. The number of carboxylic acids is 2. The highest BCUT2D eigenvalue weighted by Crippen LogP contribution is 2.29. The van der Waals surface area contributed by atoms with Gasteiger partial charge in [0.05, 0.1) is 64.8 Å². The number of Topliss-reactive ketones (excluding diaryl/α,β-unsaturated/α-hetero) is 1. The van der Waals surface area contributed by atoms with Crippen LogP contribution in [0.15, 0.2) is 104 Å². The lowest BCUT2D eigenvalue weighted by atomic mass is 10.1. The lowest BCUT2D eigenvalue weighted by Crippen LogP contribution is -2.29. The van der Waals surface area contributed by atoms with Crippen molar-refractivity contribution in [3.05, 3.63) is 136 Å². The summed E-state index contributed by atoms with van der Waals surface area (Å²) in [6.45, 7) is 5.70. The number of aromatic nitrogens is 12. The molecule has 7 aromatic heterocycles. The Balaban J connectivity index is 0.000000230. The SMILES string of the molecule is CC(=O)O.CC(=O)O.CC(NC(=O)c1ncnc2c1cnn2C)c1ncc(-c2ncc(-c3ccccc3)[nH]2)s1.CC(NC(=O)c1ncnc2c1cnn2C)c1ncc(C(=O)NCC(=O)c2ccccc2)s1.N. The van der Waals surface area contributed by atoms with Gasteiger partial charge in [0, 0.05) is 39.7 Å². The number of aryl methyl sites for hydroxylation is 2. The van der Waals surface area contributed by atoms with E-state index in [9.17, 15) is 19.2 Å². The number of nitrogens with one attached hydrogen (secondary N) is 4. The van der Waals surface area contributed by atoms with Gasteiger partial charge in [0.1, 0.15) is 44.8 Å². The molecule has 2 atom stereocenters. The smallest absolute Gasteiger partial charge is 0.300 e. The molecule has 372 valence electrons. The number of hydrogen-bond donors (Lipinski definition) is 7. The zero-order chi connectivity index (χ0) is 51.2. The second-order valence-electron chi connectivity index (χ2n) is 15.0. The highest BCUT2D eigenvalue weighted by atomic mass is 32.1. The third-order valence-corrected chi connectivity index (χ3v) is 12.0. The molecule has 0 aliphatic rings. The molecule has 24 nitrogen and oxygen atoms in total. The van der Waals surface area contributed by atoms with Crippen LogP contribution in [0, 0.1) is 0 Å². The second-order valence-corrected chi connectivity index (χ2v) is 17.1. The minimum Gasteiger partial charge on any atom is -0.481 e. The van der Waals surface area contributed by atoms with Gasteiger partial charge < -0.3 is 37.3 Å².